The lowest BCUT2D eigenvalue weighted by molar-refractivity contribution is -0.116. The summed E-state index contributed by atoms with van der Waals surface area (Å²) in [7, 11) is 2.22. The molecule has 1 atom stereocenters. The lowest BCUT2D eigenvalue weighted by atomic mass is 9.78. The molecular formula is C26H32N2O2. The topological polar surface area (TPSA) is 49.4 Å². The Kier molecular flexibility index (Phi) is 5.54. The van der Waals surface area contributed by atoms with Crippen LogP contribution < -0.4 is 5.32 Å². The van der Waals surface area contributed by atoms with E-state index in [-0.39, 0.29) is 23.3 Å². The van der Waals surface area contributed by atoms with Crippen LogP contribution in [-0.4, -0.2) is 35.2 Å². The van der Waals surface area contributed by atoms with Crippen LogP contribution in [-0.2, 0) is 11.2 Å². The van der Waals surface area contributed by atoms with Crippen LogP contribution in [0.4, 0.5) is 0 Å². The van der Waals surface area contributed by atoms with Gasteiger partial charge in [0.25, 0.3) is 5.91 Å². The van der Waals surface area contributed by atoms with Crippen molar-refractivity contribution in [1.82, 2.24) is 10.2 Å². The molecule has 2 bridgehead atoms. The second-order valence-electron chi connectivity index (χ2n) is 9.24. The van der Waals surface area contributed by atoms with E-state index in [9.17, 15) is 9.59 Å². The number of hydrogen-bond acceptors (Lipinski definition) is 3. The fourth-order valence-corrected chi connectivity index (χ4v) is 5.72. The van der Waals surface area contributed by atoms with E-state index in [4.69, 9.17) is 0 Å². The Balaban J connectivity index is 1.70. The molecule has 0 radical (unpaired) electrons. The third kappa shape index (κ3) is 3.58. The highest BCUT2D eigenvalue weighted by atomic mass is 16.1. The molecule has 2 aromatic carbocycles. The van der Waals surface area contributed by atoms with Crippen molar-refractivity contribution in [3.05, 3.63) is 70.3 Å². The molecule has 2 fully saturated rings. The summed E-state index contributed by atoms with van der Waals surface area (Å²) in [5.41, 5.74) is 4.89. The van der Waals surface area contributed by atoms with Crippen LogP contribution >= 0.6 is 0 Å². The molecule has 1 amide bonds. The maximum Gasteiger partial charge on any atom is 0.252 e. The molecule has 2 heterocycles. The van der Waals surface area contributed by atoms with Crippen molar-refractivity contribution >= 4 is 11.7 Å². The van der Waals surface area contributed by atoms with Crippen molar-refractivity contribution in [3.8, 4) is 0 Å². The monoisotopic (exact) mass is 404 g/mol. The molecule has 0 aliphatic carbocycles. The summed E-state index contributed by atoms with van der Waals surface area (Å²) >= 11 is 0. The first-order valence-corrected chi connectivity index (χ1v) is 11.0. The Morgan fingerprint density at radius 2 is 1.67 bits per heavy atom. The van der Waals surface area contributed by atoms with Gasteiger partial charge in [0.2, 0.25) is 0 Å². The van der Waals surface area contributed by atoms with Gasteiger partial charge in [0.1, 0.15) is 5.78 Å². The molecule has 158 valence electrons. The molecule has 30 heavy (non-hydrogen) atoms. The van der Waals surface area contributed by atoms with Crippen LogP contribution in [0.3, 0.4) is 0 Å². The zero-order chi connectivity index (χ0) is 21.5. The molecule has 2 aromatic rings. The number of nitrogens with zero attached hydrogens (tertiary/aromatic N) is 1. The number of amides is 1. The second kappa shape index (κ2) is 7.99. The van der Waals surface area contributed by atoms with Gasteiger partial charge in [-0.1, -0.05) is 42.5 Å². The molecule has 4 nitrogen and oxygen atoms in total. The molecule has 2 aliphatic heterocycles. The van der Waals surface area contributed by atoms with Crippen molar-refractivity contribution in [2.75, 3.05) is 7.05 Å². The first kappa shape index (κ1) is 20.8. The largest absolute Gasteiger partial charge is 0.343 e. The summed E-state index contributed by atoms with van der Waals surface area (Å²) in [5.74, 6) is 0.164. The van der Waals surface area contributed by atoms with Crippen LogP contribution in [0.1, 0.15) is 71.3 Å². The Hall–Kier alpha value is -2.46. The molecule has 0 spiro atoms. The average Bonchev–Trinajstić information content (AvgIpc) is 3.19. The van der Waals surface area contributed by atoms with Crippen LogP contribution in [0, 0.1) is 13.8 Å². The number of ketones is 1. The van der Waals surface area contributed by atoms with Crippen LogP contribution in [0.5, 0.6) is 0 Å². The number of hydrogen-bond donors (Lipinski definition) is 1. The number of carbonyl (C=O) groups is 2. The number of aryl methyl sites for hydroxylation is 2. The van der Waals surface area contributed by atoms with E-state index < -0.39 is 0 Å². The van der Waals surface area contributed by atoms with E-state index in [1.54, 1.807) is 6.92 Å². The predicted molar refractivity (Wildman–Crippen MR) is 120 cm³/mol. The van der Waals surface area contributed by atoms with E-state index in [1.807, 2.05) is 44.2 Å². The van der Waals surface area contributed by atoms with Gasteiger partial charge in [-0.05, 0) is 75.8 Å². The average molecular weight is 405 g/mol. The molecule has 1 N–H and O–H groups in total. The quantitative estimate of drug-likeness (QED) is 0.769. The number of rotatable bonds is 6. The first-order valence-electron chi connectivity index (χ1n) is 11.0. The molecule has 2 aliphatic rings. The lowest BCUT2D eigenvalue weighted by Crippen LogP contribution is -2.51. The van der Waals surface area contributed by atoms with Crippen molar-refractivity contribution < 1.29 is 9.59 Å². The maximum atomic E-state index is 13.4. The Morgan fingerprint density at radius 1 is 1.07 bits per heavy atom. The van der Waals surface area contributed by atoms with Gasteiger partial charge in [0, 0.05) is 23.6 Å². The Labute approximate surface area is 179 Å². The highest BCUT2D eigenvalue weighted by Crippen LogP contribution is 2.51. The number of benzene rings is 2. The zero-order valence-electron chi connectivity index (χ0n) is 18.5. The number of likely N-dealkylation sites (N-methyl/N-ethyl adjacent to an activating group) is 1. The minimum Gasteiger partial charge on any atom is -0.343 e. The minimum atomic E-state index is -0.0760. The third-order valence-corrected chi connectivity index (χ3v) is 7.36. The summed E-state index contributed by atoms with van der Waals surface area (Å²) in [6, 6.07) is 14.8. The third-order valence-electron chi connectivity index (χ3n) is 7.36. The molecule has 1 unspecified atom stereocenters. The molecular weight excluding hydrogens is 372 g/mol. The predicted octanol–water partition coefficient (Wildman–Crippen LogP) is 4.53. The van der Waals surface area contributed by atoms with Crippen LogP contribution in [0.2, 0.25) is 0 Å². The van der Waals surface area contributed by atoms with Gasteiger partial charge in [0.15, 0.2) is 0 Å². The normalized spacial score (nSPS) is 24.1. The number of nitrogens with one attached hydrogen (secondary N) is 1. The highest BCUT2D eigenvalue weighted by Gasteiger charge is 2.54. The van der Waals surface area contributed by atoms with E-state index >= 15 is 0 Å². The fourth-order valence-electron chi connectivity index (χ4n) is 5.72. The van der Waals surface area contributed by atoms with E-state index in [1.165, 1.54) is 12.8 Å². The van der Waals surface area contributed by atoms with Crippen molar-refractivity contribution in [2.24, 2.45) is 0 Å². The molecule has 4 heteroatoms. The number of Topliss-reactive ketones (excluding diaryl/α,β-unsaturated/α-hetero) is 1. The van der Waals surface area contributed by atoms with Crippen molar-refractivity contribution in [2.45, 2.75) is 70.5 Å². The Morgan fingerprint density at radius 3 is 2.17 bits per heavy atom. The lowest BCUT2D eigenvalue weighted by Gasteiger charge is -2.41. The van der Waals surface area contributed by atoms with E-state index in [0.29, 0.717) is 12.5 Å². The summed E-state index contributed by atoms with van der Waals surface area (Å²) in [6.07, 6.45) is 5.03. The summed E-state index contributed by atoms with van der Waals surface area (Å²) in [5, 5.41) is 3.43. The highest BCUT2D eigenvalue weighted by molar-refractivity contribution is 5.97. The fraction of sp³-hybridized carbons (Fsp3) is 0.462. The number of fused-ring (bicyclic) bond motifs is 2. The SMILES string of the molecule is CC(=O)Cc1ccc(C(NC(=O)c2c(C)cccc2C)C23CCC(CC2)N3C)cc1. The second-order valence-corrected chi connectivity index (χ2v) is 9.24. The van der Waals surface area contributed by atoms with Gasteiger partial charge in [-0.15, -0.1) is 0 Å². The van der Waals surface area contributed by atoms with Gasteiger partial charge in [-0.25, -0.2) is 0 Å². The summed E-state index contributed by atoms with van der Waals surface area (Å²) in [6.45, 7) is 5.62. The standard InChI is InChI=1S/C26H32N2O2/c1-17-6-5-7-18(2)23(17)25(30)27-24(26-14-12-22(13-15-26)28(26)4)21-10-8-20(9-11-21)16-19(3)29/h5-11,22,24H,12-16H2,1-4H3,(H,27,30). The Bertz CT molecular complexity index is 935. The molecule has 0 saturated carbocycles. The van der Waals surface area contributed by atoms with Crippen LogP contribution in [0.25, 0.3) is 0 Å². The van der Waals surface area contributed by atoms with Gasteiger partial charge in [0.05, 0.1) is 6.04 Å². The maximum absolute atomic E-state index is 13.4. The first-order chi connectivity index (χ1) is 14.3. The van der Waals surface area contributed by atoms with E-state index in [2.05, 4.69) is 29.4 Å². The van der Waals surface area contributed by atoms with Gasteiger partial charge in [-0.2, -0.15) is 0 Å². The number of carbonyl (C=O) groups excluding carboxylic acids is 2. The smallest absolute Gasteiger partial charge is 0.252 e. The van der Waals surface area contributed by atoms with Gasteiger partial charge in [-0.3, -0.25) is 14.5 Å². The van der Waals surface area contributed by atoms with E-state index in [0.717, 1.165) is 40.7 Å². The van der Waals surface area contributed by atoms with Crippen molar-refractivity contribution in [3.63, 3.8) is 0 Å². The van der Waals surface area contributed by atoms with Crippen molar-refractivity contribution in [1.29, 1.82) is 0 Å². The van der Waals surface area contributed by atoms with Crippen LogP contribution in [0.15, 0.2) is 42.5 Å². The molecule has 4 rings (SSSR count). The molecule has 2 saturated heterocycles. The zero-order valence-corrected chi connectivity index (χ0v) is 18.5. The summed E-state index contributed by atoms with van der Waals surface area (Å²) < 4.78 is 0. The minimum absolute atomic E-state index is 0.00142. The van der Waals surface area contributed by atoms with Gasteiger partial charge < -0.3 is 5.32 Å². The molecule has 0 aromatic heterocycles. The van der Waals surface area contributed by atoms with Gasteiger partial charge >= 0.3 is 0 Å². The summed E-state index contributed by atoms with van der Waals surface area (Å²) in [4.78, 5) is 27.4.